The highest BCUT2D eigenvalue weighted by Crippen LogP contribution is 2.38. The molecule has 0 spiro atoms. The van der Waals surface area contributed by atoms with Crippen LogP contribution in [0.25, 0.3) is 0 Å². The number of nitrogens with one attached hydrogen (secondary N) is 2. The Kier molecular flexibility index (Phi) is 3.36. The number of anilines is 1. The van der Waals surface area contributed by atoms with E-state index in [9.17, 15) is 19.7 Å². The molecule has 0 aliphatic carbocycles. The van der Waals surface area contributed by atoms with E-state index in [1.807, 2.05) is 13.8 Å². The zero-order valence-electron chi connectivity index (χ0n) is 11.9. The summed E-state index contributed by atoms with van der Waals surface area (Å²) in [6, 6.07) is 1.86. The van der Waals surface area contributed by atoms with Crippen LogP contribution in [0.5, 0.6) is 0 Å². The van der Waals surface area contributed by atoms with Crippen LogP contribution in [0.1, 0.15) is 36.2 Å². The van der Waals surface area contributed by atoms with Gasteiger partial charge in [-0.15, -0.1) is 11.3 Å². The van der Waals surface area contributed by atoms with Gasteiger partial charge in [-0.25, -0.2) is 0 Å². The summed E-state index contributed by atoms with van der Waals surface area (Å²) >= 11 is 1.30. The first-order chi connectivity index (χ1) is 10.4. The minimum absolute atomic E-state index is 0.0899. The summed E-state index contributed by atoms with van der Waals surface area (Å²) in [6.07, 6.45) is 0. The van der Waals surface area contributed by atoms with E-state index in [0.29, 0.717) is 10.7 Å². The van der Waals surface area contributed by atoms with Crippen LogP contribution >= 0.6 is 11.3 Å². The van der Waals surface area contributed by atoms with Gasteiger partial charge in [-0.2, -0.15) is 0 Å². The lowest BCUT2D eigenvalue weighted by Gasteiger charge is -2.25. The second-order valence-corrected chi connectivity index (χ2v) is 6.36. The van der Waals surface area contributed by atoms with Crippen molar-refractivity contribution in [3.63, 3.8) is 0 Å². The largest absolute Gasteiger partial charge is 0.305 e. The van der Waals surface area contributed by atoms with Crippen molar-refractivity contribution < 1.29 is 9.72 Å². The number of amides is 1. The van der Waals surface area contributed by atoms with Gasteiger partial charge in [0, 0.05) is 15.8 Å². The van der Waals surface area contributed by atoms with Crippen molar-refractivity contribution in [2.45, 2.75) is 31.8 Å². The number of hydrogen-bond acceptors (Lipinski definition) is 5. The van der Waals surface area contributed by atoms with Gasteiger partial charge in [-0.05, 0) is 25.3 Å². The molecule has 1 aliphatic heterocycles. The van der Waals surface area contributed by atoms with Gasteiger partial charge in [0.25, 0.3) is 5.56 Å². The predicted octanol–water partition coefficient (Wildman–Crippen LogP) is 1.55. The second-order valence-electron chi connectivity index (χ2n) is 5.38. The molecule has 22 heavy (non-hydrogen) atoms. The molecule has 0 saturated heterocycles. The molecule has 1 amide bonds. The minimum Gasteiger partial charge on any atom is -0.305 e. The topological polar surface area (TPSA) is 110 Å². The smallest absolute Gasteiger partial charge is 0.302 e. The van der Waals surface area contributed by atoms with Gasteiger partial charge < -0.3 is 5.32 Å². The lowest BCUT2D eigenvalue weighted by molar-refractivity contribution is -0.509. The standard InChI is InChI=1S/C13H14N4O4S/c1-6(2)16-11-9(12(18)15-16)8(7-4-3-5-22-7)10(17(20)21)13(19)14-11/h3-6,8,10H,1-2H3,(H,14,19)(H,15,18). The summed E-state index contributed by atoms with van der Waals surface area (Å²) in [5.74, 6) is -1.26. The van der Waals surface area contributed by atoms with Crippen LogP contribution in [0, 0.1) is 10.1 Å². The van der Waals surface area contributed by atoms with E-state index in [0.717, 1.165) is 0 Å². The summed E-state index contributed by atoms with van der Waals surface area (Å²) in [5, 5.41) is 18.3. The van der Waals surface area contributed by atoms with Gasteiger partial charge in [0.1, 0.15) is 11.7 Å². The monoisotopic (exact) mass is 322 g/mol. The van der Waals surface area contributed by atoms with Crippen molar-refractivity contribution >= 4 is 23.1 Å². The Morgan fingerprint density at radius 1 is 1.41 bits per heavy atom. The third-order valence-electron chi connectivity index (χ3n) is 3.69. The molecule has 2 atom stereocenters. The summed E-state index contributed by atoms with van der Waals surface area (Å²) in [7, 11) is 0. The van der Waals surface area contributed by atoms with Gasteiger partial charge in [0.2, 0.25) is 0 Å². The fraction of sp³-hybridized carbons (Fsp3) is 0.385. The number of carbonyl (C=O) groups excluding carboxylic acids is 1. The van der Waals surface area contributed by atoms with Gasteiger partial charge in [-0.1, -0.05) is 6.07 Å². The molecule has 3 rings (SSSR count). The molecule has 2 aromatic heterocycles. The summed E-state index contributed by atoms with van der Waals surface area (Å²) in [5.41, 5.74) is -0.161. The Morgan fingerprint density at radius 3 is 2.68 bits per heavy atom. The summed E-state index contributed by atoms with van der Waals surface area (Å²) in [6.45, 7) is 3.70. The molecule has 0 fully saturated rings. The highest BCUT2D eigenvalue weighted by Gasteiger charge is 2.49. The lowest BCUT2D eigenvalue weighted by atomic mass is 9.88. The van der Waals surface area contributed by atoms with Gasteiger partial charge in [0.05, 0.1) is 5.56 Å². The lowest BCUT2D eigenvalue weighted by Crippen LogP contribution is -2.45. The Bertz CT molecular complexity index is 790. The van der Waals surface area contributed by atoms with Crippen LogP contribution < -0.4 is 10.9 Å². The van der Waals surface area contributed by atoms with E-state index < -0.39 is 28.3 Å². The average molecular weight is 322 g/mol. The average Bonchev–Trinajstić information content (AvgIpc) is 3.05. The molecule has 0 radical (unpaired) electrons. The third kappa shape index (κ3) is 2.05. The van der Waals surface area contributed by atoms with Crippen molar-refractivity contribution in [1.29, 1.82) is 0 Å². The van der Waals surface area contributed by atoms with Crippen LogP contribution in [0.2, 0.25) is 0 Å². The number of rotatable bonds is 3. The Morgan fingerprint density at radius 2 is 2.14 bits per heavy atom. The molecule has 9 heteroatoms. The number of aromatic nitrogens is 2. The molecule has 8 nitrogen and oxygen atoms in total. The molecule has 2 unspecified atom stereocenters. The number of hydrogen-bond donors (Lipinski definition) is 2. The van der Waals surface area contributed by atoms with Crippen LogP contribution in [0.4, 0.5) is 5.82 Å². The van der Waals surface area contributed by atoms with Crippen LogP contribution in [0.15, 0.2) is 22.3 Å². The maximum atomic E-state index is 12.3. The minimum atomic E-state index is -1.50. The van der Waals surface area contributed by atoms with E-state index >= 15 is 0 Å². The van der Waals surface area contributed by atoms with E-state index in [1.165, 1.54) is 16.0 Å². The Labute approximate surface area is 128 Å². The molecule has 116 valence electrons. The highest BCUT2D eigenvalue weighted by molar-refractivity contribution is 7.10. The van der Waals surface area contributed by atoms with E-state index in [4.69, 9.17) is 0 Å². The van der Waals surface area contributed by atoms with Gasteiger partial charge in [0.15, 0.2) is 0 Å². The molecule has 2 N–H and O–H groups in total. The Balaban J connectivity index is 2.27. The van der Waals surface area contributed by atoms with Crippen molar-refractivity contribution in [2.75, 3.05) is 5.32 Å². The molecule has 0 bridgehead atoms. The molecular formula is C13H14N4O4S. The van der Waals surface area contributed by atoms with Crippen molar-refractivity contribution in [2.24, 2.45) is 0 Å². The van der Waals surface area contributed by atoms with E-state index in [-0.39, 0.29) is 11.6 Å². The Hall–Kier alpha value is -2.42. The maximum absolute atomic E-state index is 12.3. The number of carbonyl (C=O) groups is 1. The van der Waals surface area contributed by atoms with Crippen molar-refractivity contribution in [3.05, 3.63) is 48.4 Å². The van der Waals surface area contributed by atoms with Crippen LogP contribution in [0.3, 0.4) is 0 Å². The van der Waals surface area contributed by atoms with Gasteiger partial charge in [-0.3, -0.25) is 29.5 Å². The molecule has 0 aromatic carbocycles. The normalized spacial score (nSPS) is 20.8. The summed E-state index contributed by atoms with van der Waals surface area (Å²) in [4.78, 5) is 35.9. The number of fused-ring (bicyclic) bond motifs is 1. The third-order valence-corrected chi connectivity index (χ3v) is 4.65. The van der Waals surface area contributed by atoms with Crippen molar-refractivity contribution in [3.8, 4) is 0 Å². The second kappa shape index (κ2) is 5.09. The number of H-pyrrole nitrogens is 1. The predicted molar refractivity (Wildman–Crippen MR) is 81.0 cm³/mol. The number of nitrogens with zero attached hydrogens (tertiary/aromatic N) is 2. The van der Waals surface area contributed by atoms with Crippen LogP contribution in [-0.4, -0.2) is 26.7 Å². The number of thiophene rings is 1. The molecule has 1 aliphatic rings. The zero-order chi connectivity index (χ0) is 16.0. The highest BCUT2D eigenvalue weighted by atomic mass is 32.1. The first-order valence-electron chi connectivity index (χ1n) is 6.74. The van der Waals surface area contributed by atoms with Crippen molar-refractivity contribution in [1.82, 2.24) is 9.78 Å². The maximum Gasteiger partial charge on any atom is 0.302 e. The molecular weight excluding hydrogens is 308 g/mol. The fourth-order valence-electron chi connectivity index (χ4n) is 2.75. The zero-order valence-corrected chi connectivity index (χ0v) is 12.7. The first-order valence-corrected chi connectivity index (χ1v) is 7.62. The van der Waals surface area contributed by atoms with E-state index in [1.54, 1.807) is 17.5 Å². The van der Waals surface area contributed by atoms with E-state index in [2.05, 4.69) is 10.4 Å². The SMILES string of the molecule is CC(C)n1[nH]c(=O)c2c1NC(=O)C([N+](=O)[O-])C2c1cccs1. The quantitative estimate of drug-likeness (QED) is 0.659. The first kappa shape index (κ1) is 14.5. The molecule has 0 saturated carbocycles. The molecule has 2 aromatic rings. The number of nitro groups is 1. The molecule has 3 heterocycles. The van der Waals surface area contributed by atoms with Gasteiger partial charge >= 0.3 is 11.9 Å². The van der Waals surface area contributed by atoms with Crippen LogP contribution in [-0.2, 0) is 4.79 Å². The number of aromatic amines is 1. The summed E-state index contributed by atoms with van der Waals surface area (Å²) < 4.78 is 1.53. The fourth-order valence-corrected chi connectivity index (χ4v) is 3.61.